The summed E-state index contributed by atoms with van der Waals surface area (Å²) in [6, 6.07) is 10.3. The van der Waals surface area contributed by atoms with Gasteiger partial charge in [-0.2, -0.15) is 0 Å². The minimum Gasteiger partial charge on any atom is -0.372 e. The molecule has 1 aliphatic rings. The van der Waals surface area contributed by atoms with Gasteiger partial charge in [0.25, 0.3) is 10.0 Å². The van der Waals surface area contributed by atoms with Gasteiger partial charge in [-0.25, -0.2) is 12.8 Å². The maximum absolute atomic E-state index is 15.0. The van der Waals surface area contributed by atoms with Crippen LogP contribution in [0.1, 0.15) is 34.6 Å². The number of pyridine rings is 1. The van der Waals surface area contributed by atoms with E-state index in [1.807, 2.05) is 13.8 Å². The molecule has 0 spiro atoms. The van der Waals surface area contributed by atoms with E-state index in [1.165, 1.54) is 54.9 Å². The van der Waals surface area contributed by atoms with E-state index in [9.17, 15) is 18.0 Å². The van der Waals surface area contributed by atoms with Crippen LogP contribution in [0.15, 0.2) is 65.8 Å². The summed E-state index contributed by atoms with van der Waals surface area (Å²) in [5, 5.41) is 0.129. The number of rotatable bonds is 7. The number of aromatic nitrogens is 1. The van der Waals surface area contributed by atoms with Gasteiger partial charge in [0.05, 0.1) is 34.0 Å². The molecule has 0 saturated carbocycles. The first-order valence-electron chi connectivity index (χ1n) is 11.1. The third-order valence-corrected chi connectivity index (χ3v) is 7.19. The predicted octanol–water partition coefficient (Wildman–Crippen LogP) is 4.35. The van der Waals surface area contributed by atoms with Crippen molar-refractivity contribution in [3.63, 3.8) is 0 Å². The Bertz CT molecular complexity index is 1410. The molecule has 0 radical (unpaired) electrons. The van der Waals surface area contributed by atoms with Crippen LogP contribution in [0.4, 0.5) is 15.8 Å². The van der Waals surface area contributed by atoms with Crippen LogP contribution < -0.4 is 9.62 Å². The molecule has 0 amide bonds. The molecule has 0 bridgehead atoms. The number of hydrogen-bond acceptors (Lipinski definition) is 7. The summed E-state index contributed by atoms with van der Waals surface area (Å²) < 4.78 is 49.2. The first kappa shape index (κ1) is 25.7. The van der Waals surface area contributed by atoms with Crippen LogP contribution in [0.5, 0.6) is 0 Å². The third kappa shape index (κ3) is 5.56. The van der Waals surface area contributed by atoms with Crippen molar-refractivity contribution in [3.8, 4) is 0 Å². The lowest BCUT2D eigenvalue weighted by Gasteiger charge is -2.37. The van der Waals surface area contributed by atoms with Crippen molar-refractivity contribution in [2.24, 2.45) is 0 Å². The average molecular weight is 532 g/mol. The first-order valence-corrected chi connectivity index (χ1v) is 12.9. The molecule has 1 aromatic heterocycles. The SMILES string of the molecule is CC1CN(c2ccc(S(=O)(=O)Nc3ccc(Cl)cc3C(=O)C(=O)c3cccnc3)cc2F)CC(C)O1. The Morgan fingerprint density at radius 2 is 1.81 bits per heavy atom. The van der Waals surface area contributed by atoms with E-state index in [0.29, 0.717) is 13.1 Å². The maximum atomic E-state index is 15.0. The molecule has 2 unspecified atom stereocenters. The van der Waals surface area contributed by atoms with Crippen LogP contribution in [-0.2, 0) is 14.8 Å². The van der Waals surface area contributed by atoms with Gasteiger partial charge in [0.15, 0.2) is 0 Å². The molecule has 11 heteroatoms. The summed E-state index contributed by atoms with van der Waals surface area (Å²) in [6.45, 7) is 4.69. The molecule has 188 valence electrons. The summed E-state index contributed by atoms with van der Waals surface area (Å²) in [5.74, 6) is -2.56. The summed E-state index contributed by atoms with van der Waals surface area (Å²) in [5.41, 5.74) is -0.101. The molecule has 1 saturated heterocycles. The number of sulfonamides is 1. The smallest absolute Gasteiger partial charge is 0.262 e. The molecule has 3 aromatic rings. The quantitative estimate of drug-likeness (QED) is 0.357. The Morgan fingerprint density at radius 3 is 2.44 bits per heavy atom. The van der Waals surface area contributed by atoms with Gasteiger partial charge in [-0.15, -0.1) is 0 Å². The maximum Gasteiger partial charge on any atom is 0.262 e. The summed E-state index contributed by atoms with van der Waals surface area (Å²) in [6.07, 6.45) is 2.47. The zero-order valence-corrected chi connectivity index (χ0v) is 21.0. The van der Waals surface area contributed by atoms with Crippen molar-refractivity contribution >= 4 is 44.6 Å². The Morgan fingerprint density at radius 1 is 1.08 bits per heavy atom. The molecule has 1 aliphatic heterocycles. The fourth-order valence-electron chi connectivity index (χ4n) is 4.03. The van der Waals surface area contributed by atoms with Crippen LogP contribution >= 0.6 is 11.6 Å². The average Bonchev–Trinajstić information content (AvgIpc) is 2.84. The number of nitrogens with zero attached hydrogens (tertiary/aromatic N) is 2. The van der Waals surface area contributed by atoms with E-state index in [2.05, 4.69) is 9.71 Å². The fourth-order valence-corrected chi connectivity index (χ4v) is 5.30. The summed E-state index contributed by atoms with van der Waals surface area (Å²) >= 11 is 6.02. The topological polar surface area (TPSA) is 106 Å². The van der Waals surface area contributed by atoms with Gasteiger partial charge in [-0.05, 0) is 62.4 Å². The number of ketones is 2. The van der Waals surface area contributed by atoms with E-state index in [4.69, 9.17) is 16.3 Å². The second-order valence-electron chi connectivity index (χ2n) is 8.47. The van der Waals surface area contributed by atoms with E-state index in [-0.39, 0.29) is 44.6 Å². The van der Waals surface area contributed by atoms with Crippen LogP contribution in [0, 0.1) is 5.82 Å². The van der Waals surface area contributed by atoms with Gasteiger partial charge in [-0.3, -0.25) is 19.3 Å². The highest BCUT2D eigenvalue weighted by Gasteiger charge is 2.27. The normalized spacial score (nSPS) is 18.1. The van der Waals surface area contributed by atoms with E-state index in [1.54, 1.807) is 4.90 Å². The van der Waals surface area contributed by atoms with Gasteiger partial charge in [-0.1, -0.05) is 11.6 Å². The van der Waals surface area contributed by atoms with Crippen LogP contribution in [0.3, 0.4) is 0 Å². The molecule has 4 rings (SSSR count). The predicted molar refractivity (Wildman–Crippen MR) is 134 cm³/mol. The number of halogens is 2. The number of hydrogen-bond donors (Lipinski definition) is 1. The molecule has 8 nitrogen and oxygen atoms in total. The second kappa shape index (κ2) is 10.3. The monoisotopic (exact) mass is 531 g/mol. The van der Waals surface area contributed by atoms with Gasteiger partial charge in [0.1, 0.15) is 5.82 Å². The summed E-state index contributed by atoms with van der Waals surface area (Å²) in [4.78, 5) is 30.9. The highest BCUT2D eigenvalue weighted by atomic mass is 35.5. The van der Waals surface area contributed by atoms with E-state index >= 15 is 4.39 Å². The zero-order chi connectivity index (χ0) is 26.0. The summed E-state index contributed by atoms with van der Waals surface area (Å²) in [7, 11) is -4.32. The van der Waals surface area contributed by atoms with Crippen molar-refractivity contribution in [1.29, 1.82) is 0 Å². The van der Waals surface area contributed by atoms with Crippen molar-refractivity contribution in [1.82, 2.24) is 4.98 Å². The highest BCUT2D eigenvalue weighted by molar-refractivity contribution is 7.92. The van der Waals surface area contributed by atoms with Crippen molar-refractivity contribution in [3.05, 3.63) is 82.9 Å². The van der Waals surface area contributed by atoms with E-state index < -0.39 is 27.4 Å². The number of carbonyl (C=O) groups is 2. The van der Waals surface area contributed by atoms with Gasteiger partial charge in [0, 0.05) is 36.1 Å². The molecule has 2 aromatic carbocycles. The lowest BCUT2D eigenvalue weighted by atomic mass is 10.0. The number of anilines is 2. The number of morpholine rings is 1. The molecular formula is C25H23ClFN3O5S. The highest BCUT2D eigenvalue weighted by Crippen LogP contribution is 2.29. The van der Waals surface area contributed by atoms with Crippen LogP contribution in [-0.4, -0.2) is 50.3 Å². The number of carbonyl (C=O) groups excluding carboxylic acids is 2. The zero-order valence-electron chi connectivity index (χ0n) is 19.4. The number of benzene rings is 2. The lowest BCUT2D eigenvalue weighted by molar-refractivity contribution is -0.00540. The Kier molecular flexibility index (Phi) is 7.39. The Balaban J connectivity index is 1.62. The number of Topliss-reactive ketones (excluding diaryl/α,β-unsaturated/α-hetero) is 2. The molecule has 1 N–H and O–H groups in total. The molecule has 1 fully saturated rings. The van der Waals surface area contributed by atoms with Crippen molar-refractivity contribution in [2.45, 2.75) is 31.0 Å². The number of ether oxygens (including phenoxy) is 1. The number of nitrogens with one attached hydrogen (secondary N) is 1. The van der Waals surface area contributed by atoms with Gasteiger partial charge in [0.2, 0.25) is 11.6 Å². The Hall–Kier alpha value is -3.34. The molecule has 2 heterocycles. The minimum atomic E-state index is -4.32. The third-order valence-electron chi connectivity index (χ3n) is 5.59. The second-order valence-corrected chi connectivity index (χ2v) is 10.6. The Labute approximate surface area is 213 Å². The molecular weight excluding hydrogens is 509 g/mol. The standard InChI is InChI=1S/C25H23ClFN3O5S/c1-15-13-30(14-16(2)35-15)23-8-6-19(11-21(23)27)36(33,34)29-22-7-5-18(26)10-20(22)25(32)24(31)17-4-3-9-28-12-17/h3-12,15-16,29H,13-14H2,1-2H3. The minimum absolute atomic E-state index is 0.0423. The molecule has 2 atom stereocenters. The molecule has 0 aliphatic carbocycles. The largest absolute Gasteiger partial charge is 0.372 e. The van der Waals surface area contributed by atoms with Crippen LogP contribution in [0.2, 0.25) is 5.02 Å². The van der Waals surface area contributed by atoms with E-state index in [0.717, 1.165) is 6.07 Å². The van der Waals surface area contributed by atoms with Crippen molar-refractivity contribution < 1.29 is 27.1 Å². The van der Waals surface area contributed by atoms with Gasteiger partial charge >= 0.3 is 0 Å². The lowest BCUT2D eigenvalue weighted by Crippen LogP contribution is -2.45. The molecule has 36 heavy (non-hydrogen) atoms. The van der Waals surface area contributed by atoms with Crippen molar-refractivity contribution in [2.75, 3.05) is 22.7 Å². The van der Waals surface area contributed by atoms with Crippen LogP contribution in [0.25, 0.3) is 0 Å². The van der Waals surface area contributed by atoms with Gasteiger partial charge < -0.3 is 9.64 Å². The fraction of sp³-hybridized carbons (Fsp3) is 0.240. The first-order chi connectivity index (χ1) is 17.0.